The molecule has 5 nitrogen and oxygen atoms in total. The van der Waals surface area contributed by atoms with Crippen molar-refractivity contribution < 1.29 is 145 Å². The minimum atomic E-state index is -6.13. The van der Waals surface area contributed by atoms with E-state index in [9.17, 15) is 105 Å². The van der Waals surface area contributed by atoms with Crippen molar-refractivity contribution in [3.8, 4) is 11.8 Å². The molecule has 0 aliphatic heterocycles. The van der Waals surface area contributed by atoms with Gasteiger partial charge in [-0.15, -0.1) is 0 Å². The Morgan fingerprint density at radius 3 is 0.581 bits per heavy atom. The molecule has 0 amide bonds. The van der Waals surface area contributed by atoms with Gasteiger partial charge in [0, 0.05) is 31.6 Å². The Balaban J connectivity index is 0.00000108. The number of hydrogen-bond acceptors (Lipinski definition) is 3. The van der Waals surface area contributed by atoms with Crippen LogP contribution in [0.25, 0.3) is 0 Å². The van der Waals surface area contributed by atoms with E-state index in [2.05, 4.69) is 83.1 Å². The topological polar surface area (TPSA) is 95.8 Å². The number of nitrogens with zero attached hydrogens (tertiary/aromatic N) is 1. The molecule has 0 bridgehead atoms. The number of rotatable bonds is 8. The molecule has 1 heterocycles. The van der Waals surface area contributed by atoms with Gasteiger partial charge in [-0.3, -0.25) is 0 Å². The Bertz CT molecular complexity index is 2590. The molecule has 0 atom stereocenters. The molecule has 5 rings (SSSR count). The second-order valence-electron chi connectivity index (χ2n) is 23.4. The third-order valence-electron chi connectivity index (χ3n) is 12.3. The Morgan fingerprint density at radius 1 is 0.302 bits per heavy atom. The molecule has 487 valence electrons. The van der Waals surface area contributed by atoms with Crippen molar-refractivity contribution in [2.75, 3.05) is 0 Å². The van der Waals surface area contributed by atoms with Gasteiger partial charge in [-0.1, -0.05) is 54.6 Å². The molecule has 0 fully saturated rings. The largest absolute Gasteiger partial charge is 0.457 e. The van der Waals surface area contributed by atoms with Crippen molar-refractivity contribution in [3.05, 3.63) is 136 Å². The van der Waals surface area contributed by atoms with Crippen LogP contribution in [-0.2, 0) is 74.4 Å². The van der Waals surface area contributed by atoms with E-state index in [4.69, 9.17) is 14.0 Å². The maximum Gasteiger partial charge on any atom is 0.416 e. The van der Waals surface area contributed by atoms with Gasteiger partial charge >= 0.3 is 49.4 Å². The van der Waals surface area contributed by atoms with Crippen LogP contribution in [0.4, 0.5) is 105 Å². The summed E-state index contributed by atoms with van der Waals surface area (Å²) in [5.41, 5.74) is -30.2. The summed E-state index contributed by atoms with van der Waals surface area (Å²) in [6, 6.07) is -2.91. The molecular weight excluding hydrogens is 1350 g/mol. The fourth-order valence-corrected chi connectivity index (χ4v) is 16.0. The average molecular weight is 1400 g/mol. The molecule has 0 unspecified atom stereocenters. The first kappa shape index (κ1) is 79.4. The SMILES string of the molecule is CC(C)(C)[PH+](Oc1cccc(O[PH+](C(C)(C)C)C(C)(C)C)n1)C(C)(C)C.FC(F)(F)c1cc([B-](c2cc(C(F)(F)F)cc(C(F)(F)F)c2)(c2cc(C(F)(F)F)cc(C(F)(F)F)c2)c2cc(C(F)(F)F)cc(C(F)(F)F)c2)cc(C(F)(F)F)c1.O.[OH3+].[Rh]. The maximum atomic E-state index is 14.2. The summed E-state index contributed by atoms with van der Waals surface area (Å²) in [5, 5.41) is 0.473. The van der Waals surface area contributed by atoms with E-state index in [1.54, 1.807) is 0 Å². The van der Waals surface area contributed by atoms with E-state index < -0.39 is 211 Å². The van der Waals surface area contributed by atoms with Crippen LogP contribution in [-0.4, -0.2) is 37.2 Å². The third kappa shape index (κ3) is 19.7. The van der Waals surface area contributed by atoms with Crippen LogP contribution in [0.5, 0.6) is 11.8 Å². The standard InChI is InChI=1S/C32H12BF24.C21H39NO2P2.2H2O.Rh/c34-25(35,36)13-1-14(26(37,38)39)6-21(5-13)33(22-7-15(27(40,41)42)2-16(8-22)28(43,44)45,23-9-17(29(46,47)48)3-18(10-23)30(49,50)51)24-11-19(31(52,53)54)4-20(12-24)32(55,56)57;1-18(2,3)25(19(4,5)6)23-16-14-13-15-17(22-16)24-26(20(7,8)9)21(10,11)12;;;/h1-12H;13-15H,1-12H3;2*1H2;/q-1;;;;/p+3. The molecule has 4 aromatic carbocycles. The van der Waals surface area contributed by atoms with Gasteiger partial charge in [-0.2, -0.15) is 132 Å². The minimum Gasteiger partial charge on any atom is -0.457 e. The quantitative estimate of drug-likeness (QED) is 0.0670. The predicted octanol–water partition coefficient (Wildman–Crippen LogP) is 16.8. The molecular formula is C53H58BF24NO4P2Rh+2. The minimum absolute atomic E-state index is 0. The van der Waals surface area contributed by atoms with Gasteiger partial charge in [0.2, 0.25) is 0 Å². The summed E-state index contributed by atoms with van der Waals surface area (Å²) in [7, 11) is -2.28. The molecule has 0 aliphatic carbocycles. The summed E-state index contributed by atoms with van der Waals surface area (Å²) in [4.78, 5) is 4.71. The van der Waals surface area contributed by atoms with E-state index in [0.717, 1.165) is 0 Å². The second-order valence-corrected chi connectivity index (χ2v) is 31.1. The number of alkyl halides is 24. The molecule has 5 N–H and O–H groups in total. The molecule has 33 heteroatoms. The Labute approximate surface area is 493 Å². The van der Waals surface area contributed by atoms with Crippen molar-refractivity contribution in [1.29, 1.82) is 0 Å². The van der Waals surface area contributed by atoms with Gasteiger partial charge in [0.05, 0.1) is 44.5 Å². The first-order valence-corrected chi connectivity index (χ1v) is 26.9. The number of halogens is 24. The van der Waals surface area contributed by atoms with Crippen molar-refractivity contribution in [2.45, 2.75) is 153 Å². The fourth-order valence-electron chi connectivity index (χ4n) is 9.65. The van der Waals surface area contributed by atoms with E-state index in [-0.39, 0.29) is 51.1 Å². The van der Waals surface area contributed by atoms with Crippen molar-refractivity contribution in [3.63, 3.8) is 0 Å². The Kier molecular flexibility index (Phi) is 24.1. The van der Waals surface area contributed by atoms with Gasteiger partial charge in [-0.25, -0.2) is 0 Å². The van der Waals surface area contributed by atoms with Crippen LogP contribution >= 0.6 is 16.3 Å². The van der Waals surface area contributed by atoms with E-state index >= 15 is 0 Å². The van der Waals surface area contributed by atoms with Crippen LogP contribution in [0.2, 0.25) is 0 Å². The summed E-state index contributed by atoms with van der Waals surface area (Å²) in [6.45, 7) is 27.1. The van der Waals surface area contributed by atoms with Crippen LogP contribution in [0, 0.1) is 0 Å². The van der Waals surface area contributed by atoms with E-state index in [0.29, 0.717) is 11.8 Å². The molecule has 1 aromatic heterocycles. The van der Waals surface area contributed by atoms with E-state index in [1.165, 1.54) is 0 Å². The third-order valence-corrected chi connectivity index (χ3v) is 18.6. The number of benzene rings is 4. The Hall–Kier alpha value is -4.58. The summed E-state index contributed by atoms with van der Waals surface area (Å²) in [6.07, 6.45) is -54.8. The van der Waals surface area contributed by atoms with Crippen LogP contribution in [0.3, 0.4) is 0 Å². The smallest absolute Gasteiger partial charge is 0.416 e. The summed E-state index contributed by atoms with van der Waals surface area (Å²) in [5.74, 6) is 1.37. The second kappa shape index (κ2) is 26.1. The Morgan fingerprint density at radius 2 is 0.453 bits per heavy atom. The van der Waals surface area contributed by atoms with Crippen molar-refractivity contribution in [2.24, 2.45) is 0 Å². The molecule has 5 aromatic rings. The number of pyridine rings is 1. The molecule has 1 radical (unpaired) electrons. The van der Waals surface area contributed by atoms with Crippen molar-refractivity contribution >= 4 is 44.3 Å². The zero-order chi connectivity index (χ0) is 64.5. The molecule has 0 saturated carbocycles. The summed E-state index contributed by atoms with van der Waals surface area (Å²) < 4.78 is 354. The van der Waals surface area contributed by atoms with Crippen LogP contribution in [0.1, 0.15) is 128 Å². The zero-order valence-corrected chi connectivity index (χ0v) is 50.6. The molecule has 0 spiro atoms. The van der Waals surface area contributed by atoms with Gasteiger partial charge in [0.25, 0.3) is 11.8 Å². The van der Waals surface area contributed by atoms with Crippen LogP contribution in [0.15, 0.2) is 91.0 Å². The van der Waals surface area contributed by atoms with Gasteiger partial charge in [-0.05, 0) is 107 Å². The summed E-state index contributed by atoms with van der Waals surface area (Å²) >= 11 is 0. The fraction of sp³-hybridized carbons (Fsp3) is 0.453. The monoisotopic (exact) mass is 1400 g/mol. The normalized spacial score (nSPS) is 13.7. The molecule has 86 heavy (non-hydrogen) atoms. The van der Waals surface area contributed by atoms with Gasteiger partial charge in [0.1, 0.15) is 26.8 Å². The van der Waals surface area contributed by atoms with Crippen LogP contribution < -0.4 is 30.9 Å². The van der Waals surface area contributed by atoms with Gasteiger partial charge in [0.15, 0.2) is 16.3 Å². The zero-order valence-electron chi connectivity index (χ0n) is 47.0. The van der Waals surface area contributed by atoms with E-state index in [1.807, 2.05) is 18.2 Å². The predicted molar refractivity (Wildman–Crippen MR) is 280 cm³/mol. The number of hydrogen-bond donors (Lipinski definition) is 0. The van der Waals surface area contributed by atoms with Gasteiger partial charge < -0.3 is 20.0 Å². The van der Waals surface area contributed by atoms with Crippen molar-refractivity contribution in [1.82, 2.24) is 4.98 Å². The molecule has 0 saturated heterocycles. The maximum absolute atomic E-state index is 14.2. The number of aromatic nitrogens is 1. The average Bonchev–Trinajstić information content (AvgIpc) is 3.26. The molecule has 0 aliphatic rings. The first-order chi connectivity index (χ1) is 36.7. The first-order valence-electron chi connectivity index (χ1n) is 24.1.